The van der Waals surface area contributed by atoms with Crippen molar-refractivity contribution in [3.63, 3.8) is 0 Å². The molecule has 1 aliphatic heterocycles. The molecule has 2 heterocycles. The van der Waals surface area contributed by atoms with Crippen LogP contribution in [-0.2, 0) is 9.53 Å². The molecule has 2 rings (SSSR count). The Morgan fingerprint density at radius 1 is 1.50 bits per heavy atom. The van der Waals surface area contributed by atoms with Gasteiger partial charge in [-0.2, -0.15) is 0 Å². The maximum atomic E-state index is 12.1. The van der Waals surface area contributed by atoms with Crippen LogP contribution in [0.3, 0.4) is 0 Å². The van der Waals surface area contributed by atoms with Crippen LogP contribution in [0.4, 0.5) is 0 Å². The second-order valence-corrected chi connectivity index (χ2v) is 4.65. The standard InChI is InChI=1S/C12H16N2O6/c1-18-9-6-8(20-14-9)11(17)13-12(7-10(15)16)2-4-19-5-3-12/h6H,2-5,7H2,1H3,(H,13,17)(H,15,16). The molecule has 1 aromatic heterocycles. The first-order valence-electron chi connectivity index (χ1n) is 6.17. The van der Waals surface area contributed by atoms with E-state index in [2.05, 4.69) is 10.5 Å². The Bertz CT molecular complexity index is 492. The molecule has 1 aromatic rings. The highest BCUT2D eigenvalue weighted by molar-refractivity contribution is 5.92. The molecule has 110 valence electrons. The van der Waals surface area contributed by atoms with Gasteiger partial charge >= 0.3 is 5.97 Å². The third-order valence-electron chi connectivity index (χ3n) is 3.24. The number of carboxylic acids is 1. The summed E-state index contributed by atoms with van der Waals surface area (Å²) in [5.74, 6) is -1.31. The number of hydrogen-bond donors (Lipinski definition) is 2. The van der Waals surface area contributed by atoms with Crippen molar-refractivity contribution in [1.82, 2.24) is 10.5 Å². The Morgan fingerprint density at radius 3 is 2.75 bits per heavy atom. The summed E-state index contributed by atoms with van der Waals surface area (Å²) in [5.41, 5.74) is -0.818. The van der Waals surface area contributed by atoms with Crippen LogP contribution in [-0.4, -0.2) is 48.0 Å². The lowest BCUT2D eigenvalue weighted by Gasteiger charge is -2.36. The normalized spacial score (nSPS) is 17.4. The van der Waals surface area contributed by atoms with Crippen LogP contribution in [0.25, 0.3) is 0 Å². The largest absolute Gasteiger partial charge is 0.481 e. The topological polar surface area (TPSA) is 111 Å². The Kier molecular flexibility index (Phi) is 4.23. The highest BCUT2D eigenvalue weighted by Gasteiger charge is 2.37. The third-order valence-corrected chi connectivity index (χ3v) is 3.24. The van der Waals surface area contributed by atoms with Crippen LogP contribution in [0, 0.1) is 0 Å². The minimum absolute atomic E-state index is 0.0156. The van der Waals surface area contributed by atoms with Gasteiger partial charge < -0.3 is 24.4 Å². The van der Waals surface area contributed by atoms with E-state index >= 15 is 0 Å². The van der Waals surface area contributed by atoms with Crippen molar-refractivity contribution in [2.24, 2.45) is 0 Å². The van der Waals surface area contributed by atoms with Gasteiger partial charge in [0.1, 0.15) is 0 Å². The fraction of sp³-hybridized carbons (Fsp3) is 0.583. The number of rotatable bonds is 5. The molecule has 0 unspecified atom stereocenters. The molecule has 1 fully saturated rings. The van der Waals surface area contributed by atoms with Crippen molar-refractivity contribution in [3.05, 3.63) is 11.8 Å². The van der Waals surface area contributed by atoms with Gasteiger partial charge in [0.15, 0.2) is 0 Å². The third kappa shape index (κ3) is 3.27. The molecular formula is C12H16N2O6. The minimum Gasteiger partial charge on any atom is -0.481 e. The molecule has 0 atom stereocenters. The molecule has 0 saturated carbocycles. The zero-order valence-corrected chi connectivity index (χ0v) is 11.0. The molecule has 1 saturated heterocycles. The van der Waals surface area contributed by atoms with Gasteiger partial charge in [-0.05, 0) is 18.0 Å². The number of nitrogens with zero attached hydrogens (tertiary/aromatic N) is 1. The van der Waals surface area contributed by atoms with Crippen LogP contribution in [0.15, 0.2) is 10.6 Å². The molecule has 0 radical (unpaired) electrons. The average molecular weight is 284 g/mol. The summed E-state index contributed by atoms with van der Waals surface area (Å²) >= 11 is 0. The molecule has 0 aromatic carbocycles. The summed E-state index contributed by atoms with van der Waals surface area (Å²) in [5, 5.41) is 15.3. The van der Waals surface area contributed by atoms with E-state index in [1.165, 1.54) is 13.2 Å². The van der Waals surface area contributed by atoms with Gasteiger partial charge in [0.25, 0.3) is 11.8 Å². The van der Waals surface area contributed by atoms with Gasteiger partial charge in [0.05, 0.1) is 25.1 Å². The van der Waals surface area contributed by atoms with E-state index in [1.54, 1.807) is 0 Å². The zero-order valence-electron chi connectivity index (χ0n) is 11.0. The number of ether oxygens (including phenoxy) is 2. The van der Waals surface area contributed by atoms with E-state index in [9.17, 15) is 9.59 Å². The fourth-order valence-electron chi connectivity index (χ4n) is 2.16. The number of aliphatic carboxylic acids is 1. The SMILES string of the molecule is COc1cc(C(=O)NC2(CC(=O)O)CCOCC2)on1. The Morgan fingerprint density at radius 2 is 2.20 bits per heavy atom. The van der Waals surface area contributed by atoms with Crippen LogP contribution in [0.1, 0.15) is 29.8 Å². The summed E-state index contributed by atoms with van der Waals surface area (Å²) < 4.78 is 14.9. The maximum absolute atomic E-state index is 12.1. The number of nitrogens with one attached hydrogen (secondary N) is 1. The van der Waals surface area contributed by atoms with Crippen molar-refractivity contribution >= 4 is 11.9 Å². The lowest BCUT2D eigenvalue weighted by molar-refractivity contribution is -0.139. The zero-order chi connectivity index (χ0) is 14.6. The number of carbonyl (C=O) groups is 2. The predicted octanol–water partition coefficient (Wildman–Crippen LogP) is 0.437. The second kappa shape index (κ2) is 5.91. The molecule has 0 spiro atoms. The van der Waals surface area contributed by atoms with E-state index in [0.717, 1.165) is 0 Å². The van der Waals surface area contributed by atoms with Gasteiger partial charge in [-0.1, -0.05) is 0 Å². The summed E-state index contributed by atoms with van der Waals surface area (Å²) in [4.78, 5) is 23.1. The van der Waals surface area contributed by atoms with Crippen LogP contribution >= 0.6 is 0 Å². The lowest BCUT2D eigenvalue weighted by Crippen LogP contribution is -2.53. The number of aromatic nitrogens is 1. The summed E-state index contributed by atoms with van der Waals surface area (Å²) in [6.07, 6.45) is 0.722. The van der Waals surface area contributed by atoms with E-state index < -0.39 is 17.4 Å². The van der Waals surface area contributed by atoms with Crippen LogP contribution in [0.2, 0.25) is 0 Å². The van der Waals surface area contributed by atoms with Crippen molar-refractivity contribution in [2.75, 3.05) is 20.3 Å². The quantitative estimate of drug-likeness (QED) is 0.806. The molecule has 1 aliphatic rings. The van der Waals surface area contributed by atoms with E-state index in [0.29, 0.717) is 26.1 Å². The molecule has 20 heavy (non-hydrogen) atoms. The first-order chi connectivity index (χ1) is 9.54. The number of carboxylic acid groups (broad SMARTS) is 1. The van der Waals surface area contributed by atoms with Gasteiger partial charge in [0.2, 0.25) is 5.76 Å². The van der Waals surface area contributed by atoms with Crippen molar-refractivity contribution in [1.29, 1.82) is 0 Å². The number of hydrogen-bond acceptors (Lipinski definition) is 6. The van der Waals surface area contributed by atoms with Crippen molar-refractivity contribution in [3.8, 4) is 5.88 Å². The van der Waals surface area contributed by atoms with E-state index in [1.807, 2.05) is 0 Å². The Hall–Kier alpha value is -2.09. The number of carbonyl (C=O) groups excluding carboxylic acids is 1. The summed E-state index contributed by atoms with van der Waals surface area (Å²) in [6.45, 7) is 0.820. The van der Waals surface area contributed by atoms with Gasteiger partial charge in [0, 0.05) is 13.2 Å². The van der Waals surface area contributed by atoms with Gasteiger partial charge in [-0.3, -0.25) is 9.59 Å². The van der Waals surface area contributed by atoms with Gasteiger partial charge in [-0.15, -0.1) is 0 Å². The van der Waals surface area contributed by atoms with E-state index in [4.69, 9.17) is 19.1 Å². The molecular weight excluding hydrogens is 268 g/mol. The summed E-state index contributed by atoms with van der Waals surface area (Å²) in [7, 11) is 1.41. The smallest absolute Gasteiger partial charge is 0.305 e. The average Bonchev–Trinajstić information content (AvgIpc) is 2.87. The molecule has 0 aliphatic carbocycles. The highest BCUT2D eigenvalue weighted by atomic mass is 16.5. The minimum atomic E-state index is -0.970. The molecule has 2 N–H and O–H groups in total. The van der Waals surface area contributed by atoms with Crippen molar-refractivity contribution < 1.29 is 28.7 Å². The van der Waals surface area contributed by atoms with Gasteiger partial charge in [-0.25, -0.2) is 0 Å². The number of amides is 1. The van der Waals surface area contributed by atoms with E-state index in [-0.39, 0.29) is 18.1 Å². The number of methoxy groups -OCH3 is 1. The first kappa shape index (κ1) is 14.3. The molecule has 8 nitrogen and oxygen atoms in total. The molecule has 8 heteroatoms. The van der Waals surface area contributed by atoms with Crippen molar-refractivity contribution in [2.45, 2.75) is 24.8 Å². The Balaban J connectivity index is 2.10. The molecule has 0 bridgehead atoms. The highest BCUT2D eigenvalue weighted by Crippen LogP contribution is 2.25. The predicted molar refractivity (Wildman–Crippen MR) is 65.6 cm³/mol. The molecule has 1 amide bonds. The summed E-state index contributed by atoms with van der Waals surface area (Å²) in [6, 6.07) is 1.35. The Labute approximate surface area is 115 Å². The van der Waals surface area contributed by atoms with Crippen LogP contribution in [0.5, 0.6) is 5.88 Å². The van der Waals surface area contributed by atoms with Crippen LogP contribution < -0.4 is 10.1 Å². The monoisotopic (exact) mass is 284 g/mol. The maximum Gasteiger partial charge on any atom is 0.305 e. The second-order valence-electron chi connectivity index (χ2n) is 4.65. The first-order valence-corrected chi connectivity index (χ1v) is 6.17. The lowest BCUT2D eigenvalue weighted by atomic mass is 9.86. The fourth-order valence-corrected chi connectivity index (χ4v) is 2.16.